The Balaban J connectivity index is 1.58. The Hall–Kier alpha value is -2.33. The number of benzene rings is 2. The first-order valence-corrected chi connectivity index (χ1v) is 9.52. The zero-order valence-corrected chi connectivity index (χ0v) is 14.9. The van der Waals surface area contributed by atoms with Crippen LogP contribution in [0.1, 0.15) is 37.7 Å². The van der Waals surface area contributed by atoms with Crippen molar-refractivity contribution in [2.24, 2.45) is 5.92 Å². The number of nitrogens with zero attached hydrogens (tertiary/aromatic N) is 1. The summed E-state index contributed by atoms with van der Waals surface area (Å²) in [5.41, 5.74) is 1.05. The van der Waals surface area contributed by atoms with Gasteiger partial charge in [-0.2, -0.15) is 0 Å². The van der Waals surface area contributed by atoms with Crippen molar-refractivity contribution >= 4 is 5.97 Å². The number of aliphatic carboxylic acids is 1. The summed E-state index contributed by atoms with van der Waals surface area (Å²) < 4.78 is 6.08. The van der Waals surface area contributed by atoms with Crippen LogP contribution in [0.3, 0.4) is 0 Å². The van der Waals surface area contributed by atoms with Crippen molar-refractivity contribution in [2.75, 3.05) is 0 Å². The van der Waals surface area contributed by atoms with Gasteiger partial charge in [0, 0.05) is 18.2 Å². The van der Waals surface area contributed by atoms with Gasteiger partial charge in [-0.15, -0.1) is 0 Å². The maximum absolute atomic E-state index is 11.8. The van der Waals surface area contributed by atoms with Gasteiger partial charge in [-0.3, -0.25) is 9.69 Å². The van der Waals surface area contributed by atoms with Crippen LogP contribution in [0.25, 0.3) is 0 Å². The van der Waals surface area contributed by atoms with E-state index in [0.29, 0.717) is 18.5 Å². The van der Waals surface area contributed by atoms with Gasteiger partial charge in [-0.1, -0.05) is 49.2 Å². The van der Waals surface area contributed by atoms with Gasteiger partial charge in [-0.25, -0.2) is 0 Å². The molecule has 1 heterocycles. The number of para-hydroxylation sites is 2. The molecule has 2 aromatic rings. The van der Waals surface area contributed by atoms with Crippen molar-refractivity contribution < 1.29 is 14.6 Å². The maximum atomic E-state index is 11.8. The molecule has 136 valence electrons. The van der Waals surface area contributed by atoms with Crippen LogP contribution in [-0.2, 0) is 11.3 Å². The molecule has 1 aliphatic carbocycles. The predicted molar refractivity (Wildman–Crippen MR) is 100 cm³/mol. The van der Waals surface area contributed by atoms with Crippen LogP contribution < -0.4 is 4.74 Å². The SMILES string of the molecule is O=C(O)C1CC2CCCCC2N1Cc1ccccc1Oc1ccccc1. The summed E-state index contributed by atoms with van der Waals surface area (Å²) in [7, 11) is 0. The van der Waals surface area contributed by atoms with Crippen molar-refractivity contribution in [1.29, 1.82) is 0 Å². The lowest BCUT2D eigenvalue weighted by atomic mass is 9.84. The van der Waals surface area contributed by atoms with Gasteiger partial charge >= 0.3 is 5.97 Å². The molecular formula is C22H25NO3. The third-order valence-electron chi connectivity index (χ3n) is 5.80. The molecule has 4 nitrogen and oxygen atoms in total. The smallest absolute Gasteiger partial charge is 0.320 e. The molecule has 4 heteroatoms. The zero-order chi connectivity index (χ0) is 17.9. The van der Waals surface area contributed by atoms with E-state index in [9.17, 15) is 9.90 Å². The van der Waals surface area contributed by atoms with Crippen LogP contribution in [0.4, 0.5) is 0 Å². The summed E-state index contributed by atoms with van der Waals surface area (Å²) >= 11 is 0. The second-order valence-corrected chi connectivity index (χ2v) is 7.40. The Morgan fingerprint density at radius 1 is 1.04 bits per heavy atom. The van der Waals surface area contributed by atoms with Crippen LogP contribution in [-0.4, -0.2) is 28.1 Å². The fraction of sp³-hybridized carbons (Fsp3) is 0.409. The minimum Gasteiger partial charge on any atom is -0.480 e. The molecule has 0 bridgehead atoms. The number of ether oxygens (including phenoxy) is 1. The van der Waals surface area contributed by atoms with Gasteiger partial charge in [0.05, 0.1) is 0 Å². The first kappa shape index (κ1) is 17.1. The number of carbonyl (C=O) groups is 1. The zero-order valence-electron chi connectivity index (χ0n) is 14.9. The van der Waals surface area contributed by atoms with E-state index in [1.165, 1.54) is 12.8 Å². The molecule has 1 saturated heterocycles. The first-order chi connectivity index (χ1) is 12.7. The lowest BCUT2D eigenvalue weighted by Gasteiger charge is -2.33. The highest BCUT2D eigenvalue weighted by Gasteiger charge is 2.45. The van der Waals surface area contributed by atoms with Gasteiger partial charge in [0.15, 0.2) is 0 Å². The van der Waals surface area contributed by atoms with Gasteiger partial charge in [-0.05, 0) is 43.4 Å². The van der Waals surface area contributed by atoms with E-state index < -0.39 is 5.97 Å². The predicted octanol–water partition coefficient (Wildman–Crippen LogP) is 4.70. The van der Waals surface area contributed by atoms with Crippen molar-refractivity contribution in [3.05, 3.63) is 60.2 Å². The van der Waals surface area contributed by atoms with Crippen molar-refractivity contribution in [3.8, 4) is 11.5 Å². The molecule has 0 radical (unpaired) electrons. The first-order valence-electron chi connectivity index (χ1n) is 9.52. The monoisotopic (exact) mass is 351 g/mol. The highest BCUT2D eigenvalue weighted by molar-refractivity contribution is 5.74. The molecule has 0 aromatic heterocycles. The molecule has 0 spiro atoms. The number of fused-ring (bicyclic) bond motifs is 1. The standard InChI is InChI=1S/C22H25NO3/c24-22(25)20-14-16-8-4-6-12-19(16)23(20)15-17-9-5-7-13-21(17)26-18-10-2-1-3-11-18/h1-3,5,7,9-11,13,16,19-20H,4,6,8,12,14-15H2,(H,24,25). The molecule has 0 amide bonds. The van der Waals surface area contributed by atoms with Crippen LogP contribution in [0.2, 0.25) is 0 Å². The lowest BCUT2D eigenvalue weighted by molar-refractivity contribution is -0.142. The fourth-order valence-corrected chi connectivity index (χ4v) is 4.57. The highest BCUT2D eigenvalue weighted by atomic mass is 16.5. The van der Waals surface area contributed by atoms with E-state index in [-0.39, 0.29) is 6.04 Å². The quantitative estimate of drug-likeness (QED) is 0.848. The average molecular weight is 351 g/mol. The minimum atomic E-state index is -0.694. The summed E-state index contributed by atoms with van der Waals surface area (Å²) in [6, 6.07) is 17.7. The number of hydrogen-bond donors (Lipinski definition) is 1. The third-order valence-corrected chi connectivity index (χ3v) is 5.80. The van der Waals surface area contributed by atoms with E-state index in [2.05, 4.69) is 4.90 Å². The van der Waals surface area contributed by atoms with Gasteiger partial charge in [0.2, 0.25) is 0 Å². The Bertz CT molecular complexity index is 761. The highest BCUT2D eigenvalue weighted by Crippen LogP contribution is 2.41. The Kier molecular flexibility index (Phi) is 4.93. The average Bonchev–Trinajstić information content (AvgIpc) is 3.03. The van der Waals surface area contributed by atoms with Gasteiger partial charge < -0.3 is 9.84 Å². The Labute approximate surface area is 154 Å². The summed E-state index contributed by atoms with van der Waals surface area (Å²) in [6.07, 6.45) is 5.48. The van der Waals surface area contributed by atoms with E-state index in [4.69, 9.17) is 4.74 Å². The van der Waals surface area contributed by atoms with Gasteiger partial charge in [0.25, 0.3) is 0 Å². The summed E-state index contributed by atoms with van der Waals surface area (Å²) in [5, 5.41) is 9.74. The summed E-state index contributed by atoms with van der Waals surface area (Å²) in [5.74, 6) is 1.43. The normalized spacial score (nSPS) is 25.6. The summed E-state index contributed by atoms with van der Waals surface area (Å²) in [4.78, 5) is 14.1. The topological polar surface area (TPSA) is 49.8 Å². The van der Waals surface area contributed by atoms with E-state index >= 15 is 0 Å². The lowest BCUT2D eigenvalue weighted by Crippen LogP contribution is -2.41. The molecule has 2 aliphatic rings. The van der Waals surface area contributed by atoms with E-state index in [1.54, 1.807) is 0 Å². The fourth-order valence-electron chi connectivity index (χ4n) is 4.57. The minimum absolute atomic E-state index is 0.382. The Morgan fingerprint density at radius 2 is 1.77 bits per heavy atom. The van der Waals surface area contributed by atoms with Crippen LogP contribution in [0, 0.1) is 5.92 Å². The van der Waals surface area contributed by atoms with Crippen LogP contribution in [0.5, 0.6) is 11.5 Å². The second kappa shape index (κ2) is 7.50. The van der Waals surface area contributed by atoms with Crippen molar-refractivity contribution in [2.45, 2.75) is 50.7 Å². The van der Waals surface area contributed by atoms with Gasteiger partial charge in [0.1, 0.15) is 17.5 Å². The number of carboxylic acids is 1. The number of hydrogen-bond acceptors (Lipinski definition) is 3. The number of rotatable bonds is 5. The summed E-state index contributed by atoms with van der Waals surface area (Å²) in [6.45, 7) is 0.626. The molecule has 1 N–H and O–H groups in total. The molecule has 3 unspecified atom stereocenters. The second-order valence-electron chi connectivity index (χ2n) is 7.40. The Morgan fingerprint density at radius 3 is 2.58 bits per heavy atom. The van der Waals surface area contributed by atoms with E-state index in [1.807, 2.05) is 54.6 Å². The molecule has 2 aromatic carbocycles. The molecule has 2 fully saturated rings. The molecular weight excluding hydrogens is 326 g/mol. The molecule has 26 heavy (non-hydrogen) atoms. The maximum Gasteiger partial charge on any atom is 0.320 e. The van der Waals surface area contributed by atoms with E-state index in [0.717, 1.165) is 36.3 Å². The molecule has 4 rings (SSSR count). The number of carboxylic acid groups (broad SMARTS) is 1. The van der Waals surface area contributed by atoms with Crippen molar-refractivity contribution in [1.82, 2.24) is 4.90 Å². The van der Waals surface area contributed by atoms with Crippen LogP contribution >= 0.6 is 0 Å². The van der Waals surface area contributed by atoms with Crippen molar-refractivity contribution in [3.63, 3.8) is 0 Å². The number of likely N-dealkylation sites (tertiary alicyclic amines) is 1. The van der Waals surface area contributed by atoms with Crippen LogP contribution in [0.15, 0.2) is 54.6 Å². The molecule has 1 saturated carbocycles. The third kappa shape index (κ3) is 3.47. The largest absolute Gasteiger partial charge is 0.480 e. The molecule has 1 aliphatic heterocycles. The molecule has 3 atom stereocenters.